The van der Waals surface area contributed by atoms with Gasteiger partial charge in [-0.1, -0.05) is 11.6 Å². The van der Waals surface area contributed by atoms with Crippen LogP contribution in [0, 0.1) is 0 Å². The van der Waals surface area contributed by atoms with Gasteiger partial charge in [0.1, 0.15) is 11.6 Å². The summed E-state index contributed by atoms with van der Waals surface area (Å²) in [6.45, 7) is 1.20. The number of carbonyl (C=O) groups is 1. The molecule has 1 aromatic heterocycles. The topological polar surface area (TPSA) is 95.1 Å². The molecule has 0 spiro atoms. The summed E-state index contributed by atoms with van der Waals surface area (Å²) in [6.07, 6.45) is 3.17. The number of anilines is 1. The maximum absolute atomic E-state index is 12.4. The van der Waals surface area contributed by atoms with Gasteiger partial charge in [-0.25, -0.2) is 0 Å². The first-order valence-electron chi connectivity index (χ1n) is 7.42. The van der Waals surface area contributed by atoms with Crippen LogP contribution in [-0.2, 0) is 19.5 Å². The number of nitrogens with two attached hydrogens (primary N) is 1. The summed E-state index contributed by atoms with van der Waals surface area (Å²) in [5.41, 5.74) is 6.43. The van der Waals surface area contributed by atoms with Crippen molar-refractivity contribution in [3.63, 3.8) is 0 Å². The van der Waals surface area contributed by atoms with E-state index >= 15 is 0 Å². The highest BCUT2D eigenvalue weighted by molar-refractivity contribution is 6.33. The number of nitrogen functional groups attached to an aromatic ring is 1. The van der Waals surface area contributed by atoms with Crippen molar-refractivity contribution in [3.05, 3.63) is 34.4 Å². The molecule has 0 unspecified atom stereocenters. The number of aromatic nitrogens is 3. The van der Waals surface area contributed by atoms with Crippen LogP contribution in [-0.4, -0.2) is 27.8 Å². The summed E-state index contributed by atoms with van der Waals surface area (Å²) < 4.78 is 7.26. The lowest BCUT2D eigenvalue weighted by atomic mass is 10.1. The molecule has 2 aromatic rings. The third-order valence-electron chi connectivity index (χ3n) is 3.91. The van der Waals surface area contributed by atoms with Crippen molar-refractivity contribution < 1.29 is 9.53 Å². The molecule has 1 aromatic carbocycles. The fourth-order valence-corrected chi connectivity index (χ4v) is 2.83. The zero-order chi connectivity index (χ0) is 16.4. The fraction of sp³-hybridized carbons (Fsp3) is 0.400. The number of aryl methyl sites for hydroxylation is 1. The minimum atomic E-state index is -0.295. The van der Waals surface area contributed by atoms with Crippen molar-refractivity contribution in [2.75, 3.05) is 12.8 Å². The Labute approximate surface area is 163 Å². The summed E-state index contributed by atoms with van der Waals surface area (Å²) in [5, 5.41) is 11.5. The molecule has 0 atom stereocenters. The fourth-order valence-electron chi connectivity index (χ4n) is 2.67. The average molecular weight is 409 g/mol. The molecule has 25 heavy (non-hydrogen) atoms. The van der Waals surface area contributed by atoms with Crippen molar-refractivity contribution in [2.24, 2.45) is 0 Å². The molecule has 138 valence electrons. The molecule has 3 rings (SSSR count). The Bertz CT molecular complexity index is 751. The Morgan fingerprint density at radius 1 is 1.36 bits per heavy atom. The Morgan fingerprint density at radius 3 is 2.84 bits per heavy atom. The van der Waals surface area contributed by atoms with Crippen LogP contribution in [0.25, 0.3) is 0 Å². The van der Waals surface area contributed by atoms with E-state index in [9.17, 15) is 4.79 Å². The van der Waals surface area contributed by atoms with Gasteiger partial charge < -0.3 is 20.4 Å². The first-order chi connectivity index (χ1) is 11.1. The average Bonchev–Trinajstić information content (AvgIpc) is 2.98. The smallest absolute Gasteiger partial charge is 0.255 e. The van der Waals surface area contributed by atoms with Crippen molar-refractivity contribution in [3.8, 4) is 5.75 Å². The summed E-state index contributed by atoms with van der Waals surface area (Å²) >= 11 is 5.99. The second-order valence-electron chi connectivity index (χ2n) is 5.40. The number of nitrogens with one attached hydrogen (secondary N) is 1. The van der Waals surface area contributed by atoms with E-state index in [1.807, 2.05) is 0 Å². The first kappa shape index (κ1) is 21.3. The highest BCUT2D eigenvalue weighted by Crippen LogP contribution is 2.28. The van der Waals surface area contributed by atoms with Crippen molar-refractivity contribution in [1.82, 2.24) is 20.1 Å². The molecule has 1 amide bonds. The van der Waals surface area contributed by atoms with Gasteiger partial charge in [0.25, 0.3) is 5.91 Å². The molecule has 0 bridgehead atoms. The predicted octanol–water partition coefficient (Wildman–Crippen LogP) is 2.63. The molecule has 7 nitrogen and oxygen atoms in total. The summed E-state index contributed by atoms with van der Waals surface area (Å²) in [5.74, 6) is 1.83. The van der Waals surface area contributed by atoms with Crippen molar-refractivity contribution in [2.45, 2.75) is 32.4 Å². The highest BCUT2D eigenvalue weighted by atomic mass is 35.5. The molecule has 0 fully saturated rings. The van der Waals surface area contributed by atoms with Gasteiger partial charge in [0.05, 0.1) is 29.9 Å². The number of nitrogens with zero attached hydrogens (tertiary/aromatic N) is 3. The normalized spacial score (nSPS) is 12.4. The summed E-state index contributed by atoms with van der Waals surface area (Å²) in [7, 11) is 1.48. The quantitative estimate of drug-likeness (QED) is 0.758. The molecule has 0 radical (unpaired) electrons. The number of rotatable bonds is 4. The maximum atomic E-state index is 12.4. The van der Waals surface area contributed by atoms with E-state index in [1.165, 1.54) is 19.2 Å². The number of benzene rings is 1. The van der Waals surface area contributed by atoms with Gasteiger partial charge >= 0.3 is 0 Å². The standard InChI is InChI=1S/C15H18ClN5O2.2ClH/c1-23-12-7-11(17)10(16)6-9(12)15(22)18-8-14-20-19-13-4-2-3-5-21(13)14;;/h6-7H,2-5,8,17H2,1H3,(H,18,22);2*1H. The SMILES string of the molecule is COc1cc(N)c(Cl)cc1C(=O)NCc1nnc2n1CCCC2.Cl.Cl. The first-order valence-corrected chi connectivity index (χ1v) is 7.80. The van der Waals surface area contributed by atoms with Crippen LogP contribution < -0.4 is 15.8 Å². The van der Waals surface area contributed by atoms with E-state index in [4.69, 9.17) is 22.1 Å². The van der Waals surface area contributed by atoms with E-state index in [0.717, 1.165) is 37.5 Å². The van der Waals surface area contributed by atoms with E-state index in [0.29, 0.717) is 28.6 Å². The monoisotopic (exact) mass is 407 g/mol. The Hall–Kier alpha value is -1.70. The van der Waals surface area contributed by atoms with Gasteiger partial charge in [0.2, 0.25) is 0 Å². The molecule has 2 heterocycles. The highest BCUT2D eigenvalue weighted by Gasteiger charge is 2.18. The number of hydrogen-bond acceptors (Lipinski definition) is 5. The van der Waals surface area contributed by atoms with Crippen LogP contribution in [0.15, 0.2) is 12.1 Å². The zero-order valence-corrected chi connectivity index (χ0v) is 16.0. The van der Waals surface area contributed by atoms with E-state index in [2.05, 4.69) is 20.1 Å². The second kappa shape index (κ2) is 9.12. The molecular weight excluding hydrogens is 389 g/mol. The van der Waals surface area contributed by atoms with E-state index in [-0.39, 0.29) is 30.7 Å². The number of methoxy groups -OCH3 is 1. The molecule has 10 heteroatoms. The molecule has 0 aliphatic carbocycles. The summed E-state index contributed by atoms with van der Waals surface area (Å²) in [4.78, 5) is 12.4. The molecular formula is C15H20Cl3N5O2. The zero-order valence-electron chi connectivity index (χ0n) is 13.6. The van der Waals surface area contributed by atoms with Crippen LogP contribution in [0.3, 0.4) is 0 Å². The minimum absolute atomic E-state index is 0. The van der Waals surface area contributed by atoms with Crippen LogP contribution in [0.2, 0.25) is 5.02 Å². The Morgan fingerprint density at radius 2 is 2.12 bits per heavy atom. The van der Waals surface area contributed by atoms with Crippen LogP contribution in [0.4, 0.5) is 5.69 Å². The molecule has 3 N–H and O–H groups in total. The third kappa shape index (κ3) is 4.48. The van der Waals surface area contributed by atoms with Gasteiger partial charge in [-0.05, 0) is 18.9 Å². The number of ether oxygens (including phenoxy) is 1. The van der Waals surface area contributed by atoms with Gasteiger partial charge in [-0.15, -0.1) is 35.0 Å². The molecule has 1 aliphatic heterocycles. The van der Waals surface area contributed by atoms with Gasteiger partial charge in [-0.2, -0.15) is 0 Å². The molecule has 0 saturated heterocycles. The molecule has 1 aliphatic rings. The number of carbonyl (C=O) groups excluding carboxylic acids is 1. The number of amides is 1. The van der Waals surface area contributed by atoms with E-state index in [1.54, 1.807) is 0 Å². The largest absolute Gasteiger partial charge is 0.496 e. The predicted molar refractivity (Wildman–Crippen MR) is 101 cm³/mol. The molecule has 0 saturated carbocycles. The third-order valence-corrected chi connectivity index (χ3v) is 4.23. The lowest BCUT2D eigenvalue weighted by molar-refractivity contribution is 0.0946. The second-order valence-corrected chi connectivity index (χ2v) is 5.81. The number of halogens is 3. The summed E-state index contributed by atoms with van der Waals surface area (Å²) in [6, 6.07) is 3.04. The van der Waals surface area contributed by atoms with E-state index < -0.39 is 0 Å². The lowest BCUT2D eigenvalue weighted by Crippen LogP contribution is -2.26. The van der Waals surface area contributed by atoms with Gasteiger partial charge in [0.15, 0.2) is 5.82 Å². The van der Waals surface area contributed by atoms with Crippen molar-refractivity contribution in [1.29, 1.82) is 0 Å². The Balaban J connectivity index is 0.00000156. The number of hydrogen-bond donors (Lipinski definition) is 2. The Kier molecular flexibility index (Phi) is 7.79. The minimum Gasteiger partial charge on any atom is -0.496 e. The van der Waals surface area contributed by atoms with Gasteiger partial charge in [0, 0.05) is 19.0 Å². The van der Waals surface area contributed by atoms with Crippen LogP contribution >= 0.6 is 36.4 Å². The van der Waals surface area contributed by atoms with Crippen LogP contribution in [0.5, 0.6) is 5.75 Å². The lowest BCUT2D eigenvalue weighted by Gasteiger charge is -2.15. The number of fused-ring (bicyclic) bond motifs is 1. The van der Waals surface area contributed by atoms with Gasteiger partial charge in [-0.3, -0.25) is 4.79 Å². The van der Waals surface area contributed by atoms with Crippen molar-refractivity contribution >= 4 is 48.0 Å². The maximum Gasteiger partial charge on any atom is 0.255 e. The van der Waals surface area contributed by atoms with Crippen LogP contribution in [0.1, 0.15) is 34.8 Å².